The standard InChI is InChI=1S/C16H25N5O2/c1-11-14(12(2)23-19-11)7-6-13-10-15(22)18-16(17-13)21(5)9-8-20(3)4/h10H,6-9H2,1-5H3,(H,17,18,22). The van der Waals surface area contributed by atoms with Gasteiger partial charge in [0.05, 0.1) is 11.4 Å². The molecule has 0 spiro atoms. The van der Waals surface area contributed by atoms with E-state index in [1.165, 1.54) is 0 Å². The van der Waals surface area contributed by atoms with Crippen LogP contribution in [0.1, 0.15) is 22.7 Å². The summed E-state index contributed by atoms with van der Waals surface area (Å²) < 4.78 is 5.17. The molecule has 2 rings (SSSR count). The Labute approximate surface area is 136 Å². The molecule has 0 aliphatic carbocycles. The first-order chi connectivity index (χ1) is 10.9. The van der Waals surface area contributed by atoms with Crippen LogP contribution in [0.25, 0.3) is 0 Å². The van der Waals surface area contributed by atoms with Crippen molar-refractivity contribution in [3.05, 3.63) is 39.1 Å². The summed E-state index contributed by atoms with van der Waals surface area (Å²) in [5.41, 5.74) is 2.64. The van der Waals surface area contributed by atoms with Crippen molar-refractivity contribution in [3.8, 4) is 0 Å². The van der Waals surface area contributed by atoms with Gasteiger partial charge in [0.15, 0.2) is 0 Å². The largest absolute Gasteiger partial charge is 0.361 e. The number of H-pyrrole nitrogens is 1. The van der Waals surface area contributed by atoms with Gasteiger partial charge in [-0.2, -0.15) is 0 Å². The number of likely N-dealkylation sites (N-methyl/N-ethyl adjacent to an activating group) is 2. The molecule has 2 aromatic heterocycles. The fourth-order valence-electron chi connectivity index (χ4n) is 2.37. The normalized spacial score (nSPS) is 11.2. The van der Waals surface area contributed by atoms with Gasteiger partial charge in [0.1, 0.15) is 5.76 Å². The number of rotatable bonds is 7. The zero-order valence-corrected chi connectivity index (χ0v) is 14.5. The average Bonchev–Trinajstić information content (AvgIpc) is 2.81. The van der Waals surface area contributed by atoms with Gasteiger partial charge in [-0.25, -0.2) is 4.98 Å². The molecule has 0 fully saturated rings. The smallest absolute Gasteiger partial charge is 0.252 e. The van der Waals surface area contributed by atoms with Gasteiger partial charge in [-0.05, 0) is 40.8 Å². The fraction of sp³-hybridized carbons (Fsp3) is 0.562. The molecule has 0 bridgehead atoms. The minimum atomic E-state index is -0.125. The molecular formula is C16H25N5O2. The van der Waals surface area contributed by atoms with Crippen molar-refractivity contribution in [1.82, 2.24) is 20.0 Å². The Bertz CT molecular complexity index is 685. The Hall–Kier alpha value is -2.15. The molecular weight excluding hydrogens is 294 g/mol. The number of aromatic amines is 1. The maximum Gasteiger partial charge on any atom is 0.252 e. The summed E-state index contributed by atoms with van der Waals surface area (Å²) >= 11 is 0. The van der Waals surface area contributed by atoms with E-state index in [1.54, 1.807) is 6.07 Å². The molecule has 0 aromatic carbocycles. The third-order valence-electron chi connectivity index (χ3n) is 3.84. The quantitative estimate of drug-likeness (QED) is 0.825. The van der Waals surface area contributed by atoms with Crippen molar-refractivity contribution in [3.63, 3.8) is 0 Å². The second kappa shape index (κ2) is 7.41. The van der Waals surface area contributed by atoms with E-state index in [1.807, 2.05) is 39.9 Å². The lowest BCUT2D eigenvalue weighted by atomic mass is 10.1. The molecule has 23 heavy (non-hydrogen) atoms. The van der Waals surface area contributed by atoms with Gasteiger partial charge in [0.2, 0.25) is 5.95 Å². The Morgan fingerprint density at radius 1 is 1.17 bits per heavy atom. The van der Waals surface area contributed by atoms with E-state index in [0.717, 1.165) is 42.2 Å². The third-order valence-corrected chi connectivity index (χ3v) is 3.84. The van der Waals surface area contributed by atoms with Crippen LogP contribution in [0.4, 0.5) is 5.95 Å². The molecule has 0 aliphatic rings. The van der Waals surface area contributed by atoms with Crippen molar-refractivity contribution >= 4 is 5.95 Å². The first-order valence-corrected chi connectivity index (χ1v) is 7.74. The maximum absolute atomic E-state index is 11.9. The molecule has 1 N–H and O–H groups in total. The van der Waals surface area contributed by atoms with Gasteiger partial charge in [-0.15, -0.1) is 0 Å². The Balaban J connectivity index is 2.09. The lowest BCUT2D eigenvalue weighted by molar-refractivity contribution is 0.392. The van der Waals surface area contributed by atoms with E-state index in [-0.39, 0.29) is 5.56 Å². The van der Waals surface area contributed by atoms with E-state index in [4.69, 9.17) is 4.52 Å². The number of hydrogen-bond donors (Lipinski definition) is 1. The number of aromatic nitrogens is 3. The van der Waals surface area contributed by atoms with Crippen LogP contribution in [0.3, 0.4) is 0 Å². The second-order valence-electron chi connectivity index (χ2n) is 6.09. The lowest BCUT2D eigenvalue weighted by Gasteiger charge is -2.20. The van der Waals surface area contributed by atoms with Gasteiger partial charge in [0, 0.05) is 31.8 Å². The van der Waals surface area contributed by atoms with Crippen molar-refractivity contribution in [2.45, 2.75) is 26.7 Å². The SMILES string of the molecule is Cc1noc(C)c1CCc1cc(=O)[nH]c(N(C)CCN(C)C)n1. The van der Waals surface area contributed by atoms with Gasteiger partial charge in [-0.3, -0.25) is 9.78 Å². The minimum absolute atomic E-state index is 0.125. The molecule has 0 amide bonds. The Morgan fingerprint density at radius 3 is 2.52 bits per heavy atom. The topological polar surface area (TPSA) is 78.3 Å². The highest BCUT2D eigenvalue weighted by atomic mass is 16.5. The molecule has 2 aromatic rings. The van der Waals surface area contributed by atoms with Crippen molar-refractivity contribution in [1.29, 1.82) is 0 Å². The van der Waals surface area contributed by atoms with Crippen LogP contribution < -0.4 is 10.5 Å². The van der Waals surface area contributed by atoms with Gasteiger partial charge in [-0.1, -0.05) is 5.16 Å². The highest BCUT2D eigenvalue weighted by Crippen LogP contribution is 2.15. The first-order valence-electron chi connectivity index (χ1n) is 7.74. The summed E-state index contributed by atoms with van der Waals surface area (Å²) in [6.07, 6.45) is 1.44. The molecule has 7 nitrogen and oxygen atoms in total. The van der Waals surface area contributed by atoms with Crippen LogP contribution in [0.15, 0.2) is 15.4 Å². The molecule has 7 heteroatoms. The molecule has 0 unspecified atom stereocenters. The van der Waals surface area contributed by atoms with E-state index >= 15 is 0 Å². The predicted octanol–water partition coefficient (Wildman–Crippen LogP) is 1.16. The third kappa shape index (κ3) is 4.66. The highest BCUT2D eigenvalue weighted by Gasteiger charge is 2.11. The summed E-state index contributed by atoms with van der Waals surface area (Å²) in [6, 6.07) is 1.56. The van der Waals surface area contributed by atoms with Gasteiger partial charge < -0.3 is 14.3 Å². The van der Waals surface area contributed by atoms with Gasteiger partial charge in [0.25, 0.3) is 5.56 Å². The fourth-order valence-corrected chi connectivity index (χ4v) is 2.37. The minimum Gasteiger partial charge on any atom is -0.361 e. The van der Waals surface area contributed by atoms with E-state index in [0.29, 0.717) is 12.4 Å². The van der Waals surface area contributed by atoms with E-state index < -0.39 is 0 Å². The van der Waals surface area contributed by atoms with Crippen molar-refractivity contribution in [2.75, 3.05) is 39.1 Å². The zero-order chi connectivity index (χ0) is 17.0. The number of anilines is 1. The highest BCUT2D eigenvalue weighted by molar-refractivity contribution is 5.29. The first kappa shape index (κ1) is 17.2. The molecule has 0 atom stereocenters. The Kier molecular flexibility index (Phi) is 5.54. The molecule has 0 radical (unpaired) electrons. The summed E-state index contributed by atoms with van der Waals surface area (Å²) in [4.78, 5) is 23.3. The zero-order valence-electron chi connectivity index (χ0n) is 14.5. The molecule has 0 saturated carbocycles. The van der Waals surface area contributed by atoms with Crippen molar-refractivity contribution in [2.24, 2.45) is 0 Å². The van der Waals surface area contributed by atoms with Crippen LogP contribution in [0.2, 0.25) is 0 Å². The summed E-state index contributed by atoms with van der Waals surface area (Å²) in [6.45, 7) is 5.52. The van der Waals surface area contributed by atoms with Crippen LogP contribution in [0, 0.1) is 13.8 Å². The molecule has 126 valence electrons. The van der Waals surface area contributed by atoms with E-state index in [9.17, 15) is 4.79 Å². The molecule has 0 saturated heterocycles. The maximum atomic E-state index is 11.9. The number of aryl methyl sites for hydroxylation is 3. The average molecular weight is 319 g/mol. The van der Waals surface area contributed by atoms with Crippen LogP contribution in [-0.4, -0.2) is 54.3 Å². The lowest BCUT2D eigenvalue weighted by Crippen LogP contribution is -2.31. The summed E-state index contributed by atoms with van der Waals surface area (Å²) in [5.74, 6) is 1.43. The summed E-state index contributed by atoms with van der Waals surface area (Å²) in [5, 5.41) is 3.96. The van der Waals surface area contributed by atoms with Crippen molar-refractivity contribution < 1.29 is 4.52 Å². The molecule has 2 heterocycles. The van der Waals surface area contributed by atoms with Gasteiger partial charge >= 0.3 is 0 Å². The monoisotopic (exact) mass is 319 g/mol. The van der Waals surface area contributed by atoms with Crippen LogP contribution >= 0.6 is 0 Å². The second-order valence-corrected chi connectivity index (χ2v) is 6.09. The Morgan fingerprint density at radius 2 is 1.91 bits per heavy atom. The predicted molar refractivity (Wildman–Crippen MR) is 90.1 cm³/mol. The number of nitrogens with one attached hydrogen (secondary N) is 1. The van der Waals surface area contributed by atoms with Crippen LogP contribution in [-0.2, 0) is 12.8 Å². The number of nitrogens with zero attached hydrogens (tertiary/aromatic N) is 4. The number of hydrogen-bond acceptors (Lipinski definition) is 6. The molecule has 0 aliphatic heterocycles. The van der Waals surface area contributed by atoms with E-state index in [2.05, 4.69) is 20.0 Å². The summed E-state index contributed by atoms with van der Waals surface area (Å²) in [7, 11) is 5.97. The van der Waals surface area contributed by atoms with Crippen LogP contribution in [0.5, 0.6) is 0 Å².